The molecule has 0 spiro atoms. The largest absolute Gasteiger partial charge is 0.444 e. The lowest BCUT2D eigenvalue weighted by Gasteiger charge is -1.91. The lowest BCUT2D eigenvalue weighted by molar-refractivity contribution is 0.174. The standard InChI is InChI=1S/C10H8NO2/c12-6-9-7-13-10(11-9)8-4-2-1-3-5-8/h1-5,7H,6H2. The summed E-state index contributed by atoms with van der Waals surface area (Å²) in [5.41, 5.74) is 1.33. The molecule has 0 saturated heterocycles. The molecule has 2 aromatic rings. The molecule has 0 aliphatic rings. The van der Waals surface area contributed by atoms with E-state index < -0.39 is 0 Å². The van der Waals surface area contributed by atoms with Gasteiger partial charge in [0.1, 0.15) is 18.6 Å². The van der Waals surface area contributed by atoms with Gasteiger partial charge >= 0.3 is 0 Å². The molecule has 2 rings (SSSR count). The van der Waals surface area contributed by atoms with E-state index in [1.807, 2.05) is 30.3 Å². The Hall–Kier alpha value is -1.61. The van der Waals surface area contributed by atoms with Gasteiger partial charge in [0.2, 0.25) is 5.89 Å². The molecule has 1 heterocycles. The van der Waals surface area contributed by atoms with Gasteiger partial charge in [-0.3, -0.25) is 0 Å². The molecule has 0 amide bonds. The van der Waals surface area contributed by atoms with Crippen molar-refractivity contribution in [2.24, 2.45) is 0 Å². The number of aromatic nitrogens is 1. The zero-order valence-electron chi connectivity index (χ0n) is 6.93. The third-order valence-electron chi connectivity index (χ3n) is 1.72. The Labute approximate surface area is 75.7 Å². The van der Waals surface area contributed by atoms with Gasteiger partial charge in [-0.2, -0.15) is 0 Å². The minimum absolute atomic E-state index is 0.337. The van der Waals surface area contributed by atoms with E-state index in [1.165, 1.54) is 6.26 Å². The van der Waals surface area contributed by atoms with Crippen LogP contribution in [0.25, 0.3) is 11.5 Å². The van der Waals surface area contributed by atoms with E-state index in [0.29, 0.717) is 11.6 Å². The minimum atomic E-state index is -0.337. The maximum absolute atomic E-state index is 10.5. The fraction of sp³-hybridized carbons (Fsp3) is 0.100. The van der Waals surface area contributed by atoms with Gasteiger partial charge in [-0.15, -0.1) is 0 Å². The first kappa shape index (κ1) is 8.01. The third-order valence-corrected chi connectivity index (χ3v) is 1.72. The molecule has 13 heavy (non-hydrogen) atoms. The molecular weight excluding hydrogens is 166 g/mol. The maximum atomic E-state index is 10.5. The molecule has 3 heteroatoms. The van der Waals surface area contributed by atoms with Crippen molar-refractivity contribution in [1.82, 2.24) is 4.98 Å². The topological polar surface area (TPSA) is 45.9 Å². The van der Waals surface area contributed by atoms with Gasteiger partial charge in [-0.1, -0.05) is 18.2 Å². The van der Waals surface area contributed by atoms with E-state index in [4.69, 9.17) is 4.42 Å². The van der Waals surface area contributed by atoms with Crippen molar-refractivity contribution in [2.45, 2.75) is 6.61 Å². The Morgan fingerprint density at radius 1 is 1.23 bits per heavy atom. The molecule has 0 aliphatic carbocycles. The highest BCUT2D eigenvalue weighted by atomic mass is 16.3. The summed E-state index contributed by atoms with van der Waals surface area (Å²) in [6.07, 6.45) is 1.40. The van der Waals surface area contributed by atoms with Crippen molar-refractivity contribution in [3.63, 3.8) is 0 Å². The second-order valence-corrected chi connectivity index (χ2v) is 2.65. The fourth-order valence-corrected chi connectivity index (χ4v) is 1.09. The number of rotatable bonds is 2. The van der Waals surface area contributed by atoms with Crippen molar-refractivity contribution in [2.75, 3.05) is 0 Å². The van der Waals surface area contributed by atoms with Gasteiger partial charge in [0.05, 0.1) is 0 Å². The molecule has 1 aromatic heterocycles. The molecule has 0 N–H and O–H groups in total. The summed E-state index contributed by atoms with van der Waals surface area (Å²) < 4.78 is 5.13. The zero-order chi connectivity index (χ0) is 9.10. The van der Waals surface area contributed by atoms with Crippen LogP contribution in [-0.2, 0) is 11.7 Å². The van der Waals surface area contributed by atoms with Crippen molar-refractivity contribution < 1.29 is 9.52 Å². The van der Waals surface area contributed by atoms with E-state index in [2.05, 4.69) is 4.98 Å². The van der Waals surface area contributed by atoms with E-state index >= 15 is 0 Å². The highest BCUT2D eigenvalue weighted by molar-refractivity contribution is 5.52. The van der Waals surface area contributed by atoms with Crippen molar-refractivity contribution in [3.05, 3.63) is 42.3 Å². The number of nitrogens with zero attached hydrogens (tertiary/aromatic N) is 1. The van der Waals surface area contributed by atoms with E-state index in [1.54, 1.807) is 0 Å². The highest BCUT2D eigenvalue weighted by Crippen LogP contribution is 2.17. The van der Waals surface area contributed by atoms with Crippen LogP contribution in [0.2, 0.25) is 0 Å². The van der Waals surface area contributed by atoms with E-state index in [0.717, 1.165) is 5.56 Å². The summed E-state index contributed by atoms with van der Waals surface area (Å²) in [5, 5.41) is 10.5. The first-order chi connectivity index (χ1) is 6.40. The van der Waals surface area contributed by atoms with Crippen LogP contribution < -0.4 is 0 Å². The molecule has 0 fully saturated rings. The van der Waals surface area contributed by atoms with Crippen LogP contribution >= 0.6 is 0 Å². The Morgan fingerprint density at radius 3 is 2.62 bits per heavy atom. The van der Waals surface area contributed by atoms with Gasteiger partial charge in [-0.05, 0) is 12.1 Å². The lowest BCUT2D eigenvalue weighted by Crippen LogP contribution is -1.81. The second-order valence-electron chi connectivity index (χ2n) is 2.65. The van der Waals surface area contributed by atoms with E-state index in [-0.39, 0.29) is 6.61 Å². The molecule has 1 aromatic carbocycles. The zero-order valence-corrected chi connectivity index (χ0v) is 6.93. The molecule has 3 nitrogen and oxygen atoms in total. The maximum Gasteiger partial charge on any atom is 0.226 e. The first-order valence-electron chi connectivity index (χ1n) is 3.98. The van der Waals surface area contributed by atoms with Gasteiger partial charge in [0.15, 0.2) is 0 Å². The third kappa shape index (κ3) is 1.60. The van der Waals surface area contributed by atoms with Crippen LogP contribution in [0.5, 0.6) is 0 Å². The molecule has 0 atom stereocenters. The molecule has 0 unspecified atom stereocenters. The average Bonchev–Trinajstić information content (AvgIpc) is 2.67. The molecular formula is C10H8NO2. The van der Waals surface area contributed by atoms with Crippen LogP contribution in [-0.4, -0.2) is 4.98 Å². The Morgan fingerprint density at radius 2 is 2.00 bits per heavy atom. The first-order valence-corrected chi connectivity index (χ1v) is 3.98. The summed E-state index contributed by atoms with van der Waals surface area (Å²) in [5.74, 6) is 0.506. The van der Waals surface area contributed by atoms with Crippen molar-refractivity contribution >= 4 is 0 Å². The van der Waals surface area contributed by atoms with E-state index in [9.17, 15) is 5.11 Å². The number of hydrogen-bond donors (Lipinski definition) is 0. The Bertz CT molecular complexity index is 381. The fourth-order valence-electron chi connectivity index (χ4n) is 1.09. The predicted octanol–water partition coefficient (Wildman–Crippen LogP) is 2.27. The summed E-state index contributed by atoms with van der Waals surface area (Å²) >= 11 is 0. The Balaban J connectivity index is 2.36. The number of hydrogen-bond acceptors (Lipinski definition) is 2. The van der Waals surface area contributed by atoms with Crippen molar-refractivity contribution in [3.8, 4) is 11.5 Å². The smallest absolute Gasteiger partial charge is 0.226 e. The second kappa shape index (κ2) is 3.41. The average molecular weight is 174 g/mol. The van der Waals surface area contributed by atoms with Gasteiger partial charge in [0, 0.05) is 5.56 Å². The highest BCUT2D eigenvalue weighted by Gasteiger charge is 2.04. The van der Waals surface area contributed by atoms with Gasteiger partial charge in [0.25, 0.3) is 0 Å². The summed E-state index contributed by atoms with van der Waals surface area (Å²) in [6, 6.07) is 9.49. The summed E-state index contributed by atoms with van der Waals surface area (Å²) in [6.45, 7) is -0.337. The van der Waals surface area contributed by atoms with Crippen LogP contribution in [0.15, 0.2) is 41.0 Å². The predicted molar refractivity (Wildman–Crippen MR) is 46.3 cm³/mol. The van der Waals surface area contributed by atoms with Crippen LogP contribution in [0.3, 0.4) is 0 Å². The Kier molecular flexibility index (Phi) is 2.10. The number of benzene rings is 1. The monoisotopic (exact) mass is 174 g/mol. The molecule has 0 aliphatic heterocycles. The normalized spacial score (nSPS) is 10.2. The lowest BCUT2D eigenvalue weighted by atomic mass is 10.2. The molecule has 0 saturated carbocycles. The summed E-state index contributed by atoms with van der Waals surface area (Å²) in [4.78, 5) is 4.02. The SMILES string of the molecule is [O]Cc1coc(-c2ccccc2)n1. The minimum Gasteiger partial charge on any atom is -0.444 e. The number of oxazole rings is 1. The van der Waals surface area contributed by atoms with Gasteiger partial charge in [-0.25, -0.2) is 10.1 Å². The molecule has 1 radical (unpaired) electrons. The molecule has 0 bridgehead atoms. The van der Waals surface area contributed by atoms with Crippen LogP contribution in [0, 0.1) is 0 Å². The summed E-state index contributed by atoms with van der Waals surface area (Å²) in [7, 11) is 0. The van der Waals surface area contributed by atoms with Crippen molar-refractivity contribution in [1.29, 1.82) is 0 Å². The van der Waals surface area contributed by atoms with Crippen LogP contribution in [0.4, 0.5) is 0 Å². The van der Waals surface area contributed by atoms with Crippen LogP contribution in [0.1, 0.15) is 5.69 Å². The van der Waals surface area contributed by atoms with Gasteiger partial charge < -0.3 is 4.42 Å². The molecule has 65 valence electrons. The quantitative estimate of drug-likeness (QED) is 0.701.